The first-order valence-corrected chi connectivity index (χ1v) is 8.00. The van der Waals surface area contributed by atoms with Gasteiger partial charge in [-0.1, -0.05) is 54.1 Å². The summed E-state index contributed by atoms with van der Waals surface area (Å²) in [7, 11) is 0. The largest absolute Gasteiger partial charge is 0.352 e. The quantitative estimate of drug-likeness (QED) is 0.870. The SMILES string of the molecule is Cc1ccc(C(=O)NCCC2CCCCC2)cc1Br. The van der Waals surface area contributed by atoms with E-state index in [4.69, 9.17) is 0 Å². The van der Waals surface area contributed by atoms with Gasteiger partial charge in [0.2, 0.25) is 0 Å². The lowest BCUT2D eigenvalue weighted by atomic mass is 9.87. The Hall–Kier alpha value is -0.830. The van der Waals surface area contributed by atoms with Gasteiger partial charge in [-0.15, -0.1) is 0 Å². The summed E-state index contributed by atoms with van der Waals surface area (Å²) in [5.74, 6) is 0.857. The highest BCUT2D eigenvalue weighted by Gasteiger charge is 2.13. The fraction of sp³-hybridized carbons (Fsp3) is 0.562. The van der Waals surface area contributed by atoms with Crippen molar-refractivity contribution in [1.29, 1.82) is 0 Å². The van der Waals surface area contributed by atoms with Gasteiger partial charge in [0.15, 0.2) is 0 Å². The van der Waals surface area contributed by atoms with Crippen LogP contribution in [0.4, 0.5) is 0 Å². The molecule has 1 saturated carbocycles. The normalized spacial score (nSPS) is 16.3. The zero-order valence-electron chi connectivity index (χ0n) is 11.5. The standard InChI is InChI=1S/C16H22BrNO/c1-12-7-8-14(11-15(12)17)16(19)18-10-9-13-5-3-2-4-6-13/h7-8,11,13H,2-6,9-10H2,1H3,(H,18,19). The summed E-state index contributed by atoms with van der Waals surface area (Å²) in [5, 5.41) is 3.03. The number of hydrogen-bond donors (Lipinski definition) is 1. The predicted molar refractivity (Wildman–Crippen MR) is 82.4 cm³/mol. The van der Waals surface area contributed by atoms with Gasteiger partial charge in [0.1, 0.15) is 0 Å². The molecule has 1 amide bonds. The maximum Gasteiger partial charge on any atom is 0.251 e. The number of halogens is 1. The maximum atomic E-state index is 12.0. The van der Waals surface area contributed by atoms with Crippen LogP contribution in [0, 0.1) is 12.8 Å². The van der Waals surface area contributed by atoms with Gasteiger partial charge < -0.3 is 5.32 Å². The summed E-state index contributed by atoms with van der Waals surface area (Å²) in [4.78, 5) is 12.0. The molecule has 3 heteroatoms. The van der Waals surface area contributed by atoms with Crippen molar-refractivity contribution in [2.75, 3.05) is 6.54 Å². The lowest BCUT2D eigenvalue weighted by Gasteiger charge is -2.21. The Labute approximate surface area is 124 Å². The number of carbonyl (C=O) groups excluding carboxylic acids is 1. The first-order chi connectivity index (χ1) is 9.16. The minimum Gasteiger partial charge on any atom is -0.352 e. The molecular weight excluding hydrogens is 302 g/mol. The van der Waals surface area contributed by atoms with Gasteiger partial charge in [0.05, 0.1) is 0 Å². The summed E-state index contributed by atoms with van der Waals surface area (Å²) in [6.45, 7) is 2.82. The molecule has 1 aromatic carbocycles. The zero-order chi connectivity index (χ0) is 13.7. The van der Waals surface area contributed by atoms with Gasteiger partial charge in [-0.25, -0.2) is 0 Å². The molecule has 1 aliphatic carbocycles. The van der Waals surface area contributed by atoms with E-state index in [1.54, 1.807) is 0 Å². The molecular formula is C16H22BrNO. The number of benzene rings is 1. The molecule has 0 bridgehead atoms. The summed E-state index contributed by atoms with van der Waals surface area (Å²) in [6, 6.07) is 5.75. The van der Waals surface area contributed by atoms with Crippen molar-refractivity contribution in [3.8, 4) is 0 Å². The topological polar surface area (TPSA) is 29.1 Å². The Bertz CT molecular complexity index is 438. The van der Waals surface area contributed by atoms with Crippen LogP contribution in [0.1, 0.15) is 54.4 Å². The maximum absolute atomic E-state index is 12.0. The number of aryl methyl sites for hydroxylation is 1. The molecule has 2 nitrogen and oxygen atoms in total. The van der Waals surface area contributed by atoms with Crippen molar-refractivity contribution in [2.45, 2.75) is 45.4 Å². The monoisotopic (exact) mass is 323 g/mol. The van der Waals surface area contributed by atoms with Crippen LogP contribution in [0.15, 0.2) is 22.7 Å². The third kappa shape index (κ3) is 4.34. The number of carbonyl (C=O) groups is 1. The second-order valence-corrected chi connectivity index (χ2v) is 6.37. The van der Waals surface area contributed by atoms with Crippen LogP contribution >= 0.6 is 15.9 Å². The molecule has 1 aromatic rings. The predicted octanol–water partition coefficient (Wildman–Crippen LogP) is 4.46. The molecule has 1 fully saturated rings. The lowest BCUT2D eigenvalue weighted by Crippen LogP contribution is -2.26. The average Bonchev–Trinajstić information content (AvgIpc) is 2.43. The second kappa shape index (κ2) is 7.09. The van der Waals surface area contributed by atoms with Gasteiger partial charge in [0, 0.05) is 16.6 Å². The van der Waals surface area contributed by atoms with E-state index in [9.17, 15) is 4.79 Å². The van der Waals surface area contributed by atoms with E-state index in [0.717, 1.165) is 34.5 Å². The molecule has 0 aromatic heterocycles. The highest BCUT2D eigenvalue weighted by atomic mass is 79.9. The van der Waals surface area contributed by atoms with Crippen LogP contribution in [0.5, 0.6) is 0 Å². The van der Waals surface area contributed by atoms with Crippen molar-refractivity contribution in [3.63, 3.8) is 0 Å². The molecule has 0 radical (unpaired) electrons. The summed E-state index contributed by atoms with van der Waals surface area (Å²) in [5.41, 5.74) is 1.89. The van der Waals surface area contributed by atoms with Crippen LogP contribution in [-0.4, -0.2) is 12.5 Å². The van der Waals surface area contributed by atoms with E-state index < -0.39 is 0 Å². The number of rotatable bonds is 4. The van der Waals surface area contributed by atoms with Crippen molar-refractivity contribution < 1.29 is 4.79 Å². The van der Waals surface area contributed by atoms with Gasteiger partial charge in [0.25, 0.3) is 5.91 Å². The van der Waals surface area contributed by atoms with Gasteiger partial charge in [-0.05, 0) is 37.0 Å². The second-order valence-electron chi connectivity index (χ2n) is 5.51. The van der Waals surface area contributed by atoms with Crippen molar-refractivity contribution in [3.05, 3.63) is 33.8 Å². The third-order valence-corrected chi connectivity index (χ3v) is 4.85. The molecule has 0 aliphatic heterocycles. The summed E-state index contributed by atoms with van der Waals surface area (Å²) in [6.07, 6.45) is 7.92. The molecule has 1 N–H and O–H groups in total. The molecule has 19 heavy (non-hydrogen) atoms. The third-order valence-electron chi connectivity index (χ3n) is 4.00. The Morgan fingerprint density at radius 2 is 2.05 bits per heavy atom. The minimum atomic E-state index is 0.0384. The van der Waals surface area contributed by atoms with E-state index >= 15 is 0 Å². The van der Waals surface area contributed by atoms with Crippen LogP contribution in [0.2, 0.25) is 0 Å². The highest BCUT2D eigenvalue weighted by molar-refractivity contribution is 9.10. The fourth-order valence-electron chi connectivity index (χ4n) is 2.70. The van der Waals surface area contributed by atoms with Crippen molar-refractivity contribution >= 4 is 21.8 Å². The van der Waals surface area contributed by atoms with Gasteiger partial charge >= 0.3 is 0 Å². The van der Waals surface area contributed by atoms with E-state index in [0.29, 0.717) is 0 Å². The Morgan fingerprint density at radius 3 is 2.74 bits per heavy atom. The van der Waals surface area contributed by atoms with Crippen LogP contribution in [0.3, 0.4) is 0 Å². The molecule has 0 spiro atoms. The van der Waals surface area contributed by atoms with Crippen LogP contribution in [-0.2, 0) is 0 Å². The highest BCUT2D eigenvalue weighted by Crippen LogP contribution is 2.25. The van der Waals surface area contributed by atoms with Crippen LogP contribution < -0.4 is 5.32 Å². The van der Waals surface area contributed by atoms with E-state index in [1.807, 2.05) is 25.1 Å². The number of nitrogens with one attached hydrogen (secondary N) is 1. The van der Waals surface area contributed by atoms with Crippen molar-refractivity contribution in [2.24, 2.45) is 5.92 Å². The Morgan fingerprint density at radius 1 is 1.32 bits per heavy atom. The molecule has 1 aliphatic rings. The lowest BCUT2D eigenvalue weighted by molar-refractivity contribution is 0.0950. The fourth-order valence-corrected chi connectivity index (χ4v) is 3.08. The summed E-state index contributed by atoms with van der Waals surface area (Å²) < 4.78 is 0.993. The van der Waals surface area contributed by atoms with E-state index in [2.05, 4.69) is 21.2 Å². The molecule has 0 unspecified atom stereocenters. The molecule has 0 atom stereocenters. The molecule has 0 saturated heterocycles. The van der Waals surface area contributed by atoms with Crippen molar-refractivity contribution in [1.82, 2.24) is 5.32 Å². The molecule has 2 rings (SSSR count). The smallest absolute Gasteiger partial charge is 0.251 e. The zero-order valence-corrected chi connectivity index (χ0v) is 13.1. The van der Waals surface area contributed by atoms with E-state index in [1.165, 1.54) is 32.1 Å². The van der Waals surface area contributed by atoms with Gasteiger partial charge in [-0.3, -0.25) is 4.79 Å². The number of hydrogen-bond acceptors (Lipinski definition) is 1. The first-order valence-electron chi connectivity index (χ1n) is 7.21. The molecule has 104 valence electrons. The van der Waals surface area contributed by atoms with Gasteiger partial charge in [-0.2, -0.15) is 0 Å². The van der Waals surface area contributed by atoms with E-state index in [-0.39, 0.29) is 5.91 Å². The minimum absolute atomic E-state index is 0.0384. The number of amides is 1. The molecule has 0 heterocycles. The first kappa shape index (κ1) is 14.6. The Kier molecular flexibility index (Phi) is 5.44. The van der Waals surface area contributed by atoms with Crippen LogP contribution in [0.25, 0.3) is 0 Å². The summed E-state index contributed by atoms with van der Waals surface area (Å²) >= 11 is 3.47. The Balaban J connectivity index is 1.78. The average molecular weight is 324 g/mol.